The fourth-order valence-electron chi connectivity index (χ4n) is 3.24. The molecule has 1 amide bonds. The highest BCUT2D eigenvalue weighted by Gasteiger charge is 2.18. The van der Waals surface area contributed by atoms with E-state index in [0.717, 1.165) is 22.6 Å². The van der Waals surface area contributed by atoms with Gasteiger partial charge in [-0.2, -0.15) is 0 Å². The Morgan fingerprint density at radius 2 is 1.55 bits per heavy atom. The van der Waals surface area contributed by atoms with Crippen molar-refractivity contribution >= 4 is 17.7 Å². The van der Waals surface area contributed by atoms with Crippen molar-refractivity contribution in [2.75, 3.05) is 12.8 Å². The van der Waals surface area contributed by atoms with Crippen LogP contribution in [0.2, 0.25) is 0 Å². The number of carbonyl (C=O) groups is 1. The van der Waals surface area contributed by atoms with Crippen LogP contribution >= 0.6 is 11.8 Å². The number of rotatable bonds is 7. The van der Waals surface area contributed by atoms with Crippen LogP contribution in [0, 0.1) is 6.92 Å². The van der Waals surface area contributed by atoms with E-state index in [-0.39, 0.29) is 5.91 Å². The number of nitrogens with zero attached hydrogens (tertiary/aromatic N) is 4. The standard InChI is InChI=1S/C25H24N4OS/c1-19-13-15-20(16-14-19)17-28(2)23(30)18-31-25-27-26-24(21-9-5-3-6-10-21)29(25)22-11-7-4-8-12-22/h3-16H,17-18H2,1-2H3. The number of thioether (sulfide) groups is 1. The fraction of sp³-hybridized carbons (Fsp3) is 0.160. The van der Waals surface area contributed by atoms with Gasteiger partial charge in [-0.3, -0.25) is 9.36 Å². The largest absolute Gasteiger partial charge is 0.341 e. The van der Waals surface area contributed by atoms with Crippen LogP contribution in [0.4, 0.5) is 0 Å². The first-order valence-electron chi connectivity index (χ1n) is 10.1. The van der Waals surface area contributed by atoms with Crippen LogP contribution < -0.4 is 0 Å². The van der Waals surface area contributed by atoms with E-state index >= 15 is 0 Å². The number of aromatic nitrogens is 3. The first-order valence-corrected chi connectivity index (χ1v) is 11.1. The molecule has 0 N–H and O–H groups in total. The van der Waals surface area contributed by atoms with Gasteiger partial charge in [0.1, 0.15) is 0 Å². The Morgan fingerprint density at radius 3 is 2.23 bits per heavy atom. The van der Waals surface area contributed by atoms with E-state index in [2.05, 4.69) is 41.4 Å². The van der Waals surface area contributed by atoms with Crippen molar-refractivity contribution in [1.29, 1.82) is 0 Å². The molecule has 1 heterocycles. The van der Waals surface area contributed by atoms with Crippen LogP contribution in [0.3, 0.4) is 0 Å². The molecule has 3 aromatic carbocycles. The molecule has 5 nitrogen and oxygen atoms in total. The Bertz CT molecular complexity index is 1140. The van der Waals surface area contributed by atoms with Crippen LogP contribution in [-0.4, -0.2) is 38.4 Å². The van der Waals surface area contributed by atoms with Gasteiger partial charge in [0.2, 0.25) is 5.91 Å². The second-order valence-electron chi connectivity index (χ2n) is 7.37. The molecule has 0 aliphatic carbocycles. The van der Waals surface area contributed by atoms with E-state index < -0.39 is 0 Å². The zero-order valence-corrected chi connectivity index (χ0v) is 18.4. The fourth-order valence-corrected chi connectivity index (χ4v) is 4.13. The molecule has 1 aromatic heterocycles. The van der Waals surface area contributed by atoms with Gasteiger partial charge in [-0.1, -0.05) is 90.1 Å². The molecule has 6 heteroatoms. The summed E-state index contributed by atoms with van der Waals surface area (Å²) in [6.45, 7) is 2.64. The average molecular weight is 429 g/mol. The Hall–Kier alpha value is -3.38. The van der Waals surface area contributed by atoms with E-state index in [0.29, 0.717) is 17.5 Å². The van der Waals surface area contributed by atoms with Gasteiger partial charge in [0, 0.05) is 24.8 Å². The highest BCUT2D eigenvalue weighted by Crippen LogP contribution is 2.28. The first-order chi connectivity index (χ1) is 15.1. The summed E-state index contributed by atoms with van der Waals surface area (Å²) in [5, 5.41) is 9.52. The summed E-state index contributed by atoms with van der Waals surface area (Å²) in [5.41, 5.74) is 4.27. The molecule has 0 saturated heterocycles. The van der Waals surface area contributed by atoms with E-state index in [4.69, 9.17) is 0 Å². The number of para-hydroxylation sites is 1. The molecule has 0 fully saturated rings. The number of hydrogen-bond acceptors (Lipinski definition) is 4. The summed E-state index contributed by atoms with van der Waals surface area (Å²) in [6, 6.07) is 28.2. The van der Waals surface area contributed by atoms with Crippen LogP contribution in [0.15, 0.2) is 90.1 Å². The van der Waals surface area contributed by atoms with Crippen molar-refractivity contribution in [3.8, 4) is 17.1 Å². The molecule has 0 unspecified atom stereocenters. The van der Waals surface area contributed by atoms with Crippen LogP contribution in [0.5, 0.6) is 0 Å². The minimum Gasteiger partial charge on any atom is -0.341 e. The number of hydrogen-bond donors (Lipinski definition) is 0. The number of benzene rings is 3. The van der Waals surface area contributed by atoms with Gasteiger partial charge < -0.3 is 4.90 Å². The highest BCUT2D eigenvalue weighted by molar-refractivity contribution is 7.99. The molecule has 156 valence electrons. The highest BCUT2D eigenvalue weighted by atomic mass is 32.2. The molecule has 0 spiro atoms. The third kappa shape index (κ3) is 5.03. The summed E-state index contributed by atoms with van der Waals surface area (Å²) in [4.78, 5) is 14.5. The maximum Gasteiger partial charge on any atom is 0.233 e. The van der Waals surface area contributed by atoms with E-state index in [9.17, 15) is 4.79 Å². The maximum absolute atomic E-state index is 12.8. The molecular formula is C25H24N4OS. The minimum absolute atomic E-state index is 0.0504. The molecule has 4 rings (SSSR count). The van der Waals surface area contributed by atoms with Crippen molar-refractivity contribution in [1.82, 2.24) is 19.7 Å². The first kappa shape index (κ1) is 20.9. The van der Waals surface area contributed by atoms with Gasteiger partial charge in [0.15, 0.2) is 11.0 Å². The monoisotopic (exact) mass is 428 g/mol. The lowest BCUT2D eigenvalue weighted by Crippen LogP contribution is -2.27. The van der Waals surface area contributed by atoms with Gasteiger partial charge in [0.25, 0.3) is 0 Å². The van der Waals surface area contributed by atoms with Crippen molar-refractivity contribution in [2.24, 2.45) is 0 Å². The Kier molecular flexibility index (Phi) is 6.48. The summed E-state index contributed by atoms with van der Waals surface area (Å²) < 4.78 is 2.01. The number of carbonyl (C=O) groups excluding carboxylic acids is 1. The number of amides is 1. The van der Waals surface area contributed by atoms with E-state index in [1.165, 1.54) is 17.3 Å². The van der Waals surface area contributed by atoms with Crippen molar-refractivity contribution < 1.29 is 4.79 Å². The average Bonchev–Trinajstić information content (AvgIpc) is 3.24. The third-order valence-corrected chi connectivity index (χ3v) is 5.88. The zero-order valence-electron chi connectivity index (χ0n) is 17.6. The molecular weight excluding hydrogens is 404 g/mol. The second-order valence-corrected chi connectivity index (χ2v) is 8.31. The van der Waals surface area contributed by atoms with Crippen LogP contribution in [-0.2, 0) is 11.3 Å². The lowest BCUT2D eigenvalue weighted by atomic mass is 10.1. The van der Waals surface area contributed by atoms with Crippen molar-refractivity contribution in [3.05, 3.63) is 96.1 Å². The summed E-state index contributed by atoms with van der Waals surface area (Å²) in [7, 11) is 1.83. The lowest BCUT2D eigenvalue weighted by molar-refractivity contribution is -0.127. The number of aryl methyl sites for hydroxylation is 1. The second kappa shape index (κ2) is 9.62. The Morgan fingerprint density at radius 1 is 0.903 bits per heavy atom. The van der Waals surface area contributed by atoms with Gasteiger partial charge in [0.05, 0.1) is 5.75 Å². The predicted molar refractivity (Wildman–Crippen MR) is 125 cm³/mol. The van der Waals surface area contributed by atoms with Crippen molar-refractivity contribution in [2.45, 2.75) is 18.6 Å². The third-order valence-electron chi connectivity index (χ3n) is 4.97. The van der Waals surface area contributed by atoms with Gasteiger partial charge in [-0.25, -0.2) is 0 Å². The normalized spacial score (nSPS) is 10.8. The van der Waals surface area contributed by atoms with Crippen LogP contribution in [0.25, 0.3) is 17.1 Å². The van der Waals surface area contributed by atoms with Gasteiger partial charge in [-0.05, 0) is 24.6 Å². The summed E-state index contributed by atoms with van der Waals surface area (Å²) in [6.07, 6.45) is 0. The molecule has 0 atom stereocenters. The van der Waals surface area contributed by atoms with Crippen molar-refractivity contribution in [3.63, 3.8) is 0 Å². The predicted octanol–water partition coefficient (Wildman–Crippen LogP) is 4.99. The molecule has 0 aliphatic rings. The quantitative estimate of drug-likeness (QED) is 0.389. The molecule has 0 radical (unpaired) electrons. The maximum atomic E-state index is 12.8. The Balaban J connectivity index is 1.52. The molecule has 0 aliphatic heterocycles. The van der Waals surface area contributed by atoms with E-state index in [1.807, 2.05) is 72.3 Å². The molecule has 0 bridgehead atoms. The zero-order chi connectivity index (χ0) is 21.6. The summed E-state index contributed by atoms with van der Waals surface area (Å²) in [5.74, 6) is 1.10. The SMILES string of the molecule is Cc1ccc(CN(C)C(=O)CSc2nnc(-c3ccccc3)n2-c2ccccc2)cc1. The molecule has 4 aromatic rings. The van der Waals surface area contributed by atoms with Crippen LogP contribution in [0.1, 0.15) is 11.1 Å². The van der Waals surface area contributed by atoms with E-state index in [1.54, 1.807) is 4.90 Å². The summed E-state index contributed by atoms with van der Waals surface area (Å²) >= 11 is 1.40. The molecule has 31 heavy (non-hydrogen) atoms. The molecule has 0 saturated carbocycles. The topological polar surface area (TPSA) is 51.0 Å². The lowest BCUT2D eigenvalue weighted by Gasteiger charge is -2.17. The Labute approximate surface area is 186 Å². The minimum atomic E-state index is 0.0504. The smallest absolute Gasteiger partial charge is 0.233 e. The van der Waals surface area contributed by atoms with Gasteiger partial charge in [-0.15, -0.1) is 10.2 Å². The van der Waals surface area contributed by atoms with Gasteiger partial charge >= 0.3 is 0 Å².